The van der Waals surface area contributed by atoms with Crippen molar-refractivity contribution in [1.29, 1.82) is 0 Å². The molecule has 7 heteroatoms. The van der Waals surface area contributed by atoms with E-state index in [4.69, 9.17) is 9.15 Å². The Kier molecular flexibility index (Phi) is 4.31. The third-order valence-corrected chi connectivity index (χ3v) is 3.93. The number of rotatable bonds is 3. The van der Waals surface area contributed by atoms with Gasteiger partial charge in [0.05, 0.1) is 11.4 Å². The van der Waals surface area contributed by atoms with Crippen LogP contribution in [0, 0.1) is 13.8 Å². The minimum atomic E-state index is -1.04. The van der Waals surface area contributed by atoms with E-state index in [0.29, 0.717) is 22.9 Å². The standard InChI is InChI=1S/C18H18N2O5/c1-10-8-13(11(2)24-10)18(23)25-12(3)17(22)20-9-16(21)19-14-6-4-5-7-15(14)20/h4-8,12H,9H2,1-3H3,(H,19,21). The van der Waals surface area contributed by atoms with Gasteiger partial charge in [-0.25, -0.2) is 4.79 Å². The fourth-order valence-corrected chi connectivity index (χ4v) is 2.76. The normalized spacial score (nSPS) is 14.5. The number of esters is 1. The molecule has 1 aromatic carbocycles. The van der Waals surface area contributed by atoms with Crippen molar-refractivity contribution in [3.63, 3.8) is 0 Å². The Bertz CT molecular complexity index is 855. The van der Waals surface area contributed by atoms with E-state index >= 15 is 0 Å². The van der Waals surface area contributed by atoms with E-state index in [2.05, 4.69) is 5.32 Å². The van der Waals surface area contributed by atoms with Crippen LogP contribution in [0.4, 0.5) is 11.4 Å². The second kappa shape index (κ2) is 6.43. The van der Waals surface area contributed by atoms with Gasteiger partial charge in [-0.05, 0) is 39.0 Å². The third kappa shape index (κ3) is 3.26. The largest absolute Gasteiger partial charge is 0.466 e. The Morgan fingerprint density at radius 1 is 1.28 bits per heavy atom. The highest BCUT2D eigenvalue weighted by molar-refractivity contribution is 6.11. The summed E-state index contributed by atoms with van der Waals surface area (Å²) >= 11 is 0. The van der Waals surface area contributed by atoms with Gasteiger partial charge >= 0.3 is 5.97 Å². The second-order valence-corrected chi connectivity index (χ2v) is 5.86. The van der Waals surface area contributed by atoms with Crippen molar-refractivity contribution in [3.8, 4) is 0 Å². The van der Waals surface area contributed by atoms with Crippen LogP contribution in [0.1, 0.15) is 28.8 Å². The Morgan fingerprint density at radius 3 is 2.68 bits per heavy atom. The molecule has 1 N–H and O–H groups in total. The number of hydrogen-bond donors (Lipinski definition) is 1. The molecule has 1 unspecified atom stereocenters. The second-order valence-electron chi connectivity index (χ2n) is 5.86. The summed E-state index contributed by atoms with van der Waals surface area (Å²) in [6, 6.07) is 8.54. The van der Waals surface area contributed by atoms with Crippen LogP contribution in [0.3, 0.4) is 0 Å². The zero-order valence-electron chi connectivity index (χ0n) is 14.2. The highest BCUT2D eigenvalue weighted by atomic mass is 16.5. The van der Waals surface area contributed by atoms with E-state index < -0.39 is 18.0 Å². The molecular formula is C18H18N2O5. The fourth-order valence-electron chi connectivity index (χ4n) is 2.76. The molecule has 1 atom stereocenters. The Hall–Kier alpha value is -3.09. The van der Waals surface area contributed by atoms with Crippen molar-refractivity contribution in [1.82, 2.24) is 0 Å². The molecule has 1 aliphatic heterocycles. The van der Waals surface area contributed by atoms with Crippen molar-refractivity contribution in [3.05, 3.63) is 47.4 Å². The topological polar surface area (TPSA) is 88.9 Å². The molecule has 7 nitrogen and oxygen atoms in total. The minimum absolute atomic E-state index is 0.123. The monoisotopic (exact) mass is 342 g/mol. The molecular weight excluding hydrogens is 324 g/mol. The molecule has 0 saturated carbocycles. The lowest BCUT2D eigenvalue weighted by atomic mass is 10.1. The molecule has 1 aliphatic rings. The van der Waals surface area contributed by atoms with Crippen molar-refractivity contribution in [2.24, 2.45) is 0 Å². The highest BCUT2D eigenvalue weighted by Gasteiger charge is 2.32. The molecule has 0 saturated heterocycles. The van der Waals surface area contributed by atoms with Crippen molar-refractivity contribution >= 4 is 29.2 Å². The van der Waals surface area contributed by atoms with Gasteiger partial charge in [0.2, 0.25) is 5.91 Å². The van der Waals surface area contributed by atoms with Gasteiger partial charge in [-0.3, -0.25) is 14.5 Å². The summed E-state index contributed by atoms with van der Waals surface area (Å²) in [5, 5.41) is 2.71. The number of fused-ring (bicyclic) bond motifs is 1. The zero-order chi connectivity index (χ0) is 18.1. The average Bonchev–Trinajstić information content (AvgIpc) is 2.91. The first-order valence-electron chi connectivity index (χ1n) is 7.85. The van der Waals surface area contributed by atoms with Crippen LogP contribution in [-0.2, 0) is 14.3 Å². The van der Waals surface area contributed by atoms with Gasteiger partial charge in [0, 0.05) is 0 Å². The van der Waals surface area contributed by atoms with Crippen LogP contribution in [0.25, 0.3) is 0 Å². The predicted octanol–water partition coefficient (Wildman–Crippen LogP) is 2.43. The van der Waals surface area contributed by atoms with E-state index in [0.717, 1.165) is 0 Å². The van der Waals surface area contributed by atoms with Crippen molar-refractivity contribution in [2.45, 2.75) is 26.9 Å². The number of benzene rings is 1. The number of furan rings is 1. The number of anilines is 2. The Morgan fingerprint density at radius 2 is 2.00 bits per heavy atom. The third-order valence-electron chi connectivity index (χ3n) is 3.93. The summed E-state index contributed by atoms with van der Waals surface area (Å²) < 4.78 is 10.6. The summed E-state index contributed by atoms with van der Waals surface area (Å²) in [6.45, 7) is 4.74. The Labute approximate surface area is 144 Å². The summed E-state index contributed by atoms with van der Waals surface area (Å²) in [4.78, 5) is 38.1. The van der Waals surface area contributed by atoms with Gasteiger partial charge in [-0.2, -0.15) is 0 Å². The molecule has 0 bridgehead atoms. The number of nitrogens with zero attached hydrogens (tertiary/aromatic N) is 1. The summed E-state index contributed by atoms with van der Waals surface area (Å²) in [6.07, 6.45) is -1.04. The van der Waals surface area contributed by atoms with Gasteiger partial charge < -0.3 is 14.5 Å². The van der Waals surface area contributed by atoms with Crippen molar-refractivity contribution < 1.29 is 23.5 Å². The van der Waals surface area contributed by atoms with Gasteiger partial charge in [-0.1, -0.05) is 12.1 Å². The van der Waals surface area contributed by atoms with Crippen LogP contribution in [0.5, 0.6) is 0 Å². The summed E-state index contributed by atoms with van der Waals surface area (Å²) in [7, 11) is 0. The molecule has 2 aromatic rings. The van der Waals surface area contributed by atoms with Crippen molar-refractivity contribution in [2.75, 3.05) is 16.8 Å². The highest BCUT2D eigenvalue weighted by Crippen LogP contribution is 2.29. The minimum Gasteiger partial charge on any atom is -0.466 e. The number of aryl methyl sites for hydroxylation is 2. The van der Waals surface area contributed by atoms with Gasteiger partial charge in [0.1, 0.15) is 23.6 Å². The first kappa shape index (κ1) is 16.8. The quantitative estimate of drug-likeness (QED) is 0.866. The number of hydrogen-bond acceptors (Lipinski definition) is 5. The van der Waals surface area contributed by atoms with E-state index in [1.807, 2.05) is 0 Å². The zero-order valence-corrected chi connectivity index (χ0v) is 14.2. The summed E-state index contributed by atoms with van der Waals surface area (Å²) in [5.74, 6) is -0.375. The lowest BCUT2D eigenvalue weighted by Gasteiger charge is -2.30. The maximum absolute atomic E-state index is 12.7. The smallest absolute Gasteiger partial charge is 0.342 e. The van der Waals surface area contributed by atoms with Crippen LogP contribution in [-0.4, -0.2) is 30.4 Å². The van der Waals surface area contributed by atoms with E-state index in [9.17, 15) is 14.4 Å². The molecule has 130 valence electrons. The number of nitrogens with one attached hydrogen (secondary N) is 1. The molecule has 3 rings (SSSR count). The average molecular weight is 342 g/mol. The van der Waals surface area contributed by atoms with Crippen LogP contribution >= 0.6 is 0 Å². The molecule has 0 aliphatic carbocycles. The van der Waals surface area contributed by atoms with Gasteiger partial charge in [0.25, 0.3) is 5.91 Å². The number of para-hydroxylation sites is 2. The maximum Gasteiger partial charge on any atom is 0.342 e. The van der Waals surface area contributed by atoms with Gasteiger partial charge in [-0.15, -0.1) is 0 Å². The van der Waals surface area contributed by atoms with Crippen LogP contribution in [0.15, 0.2) is 34.7 Å². The van der Waals surface area contributed by atoms with Crippen LogP contribution < -0.4 is 10.2 Å². The maximum atomic E-state index is 12.7. The molecule has 2 heterocycles. The fraction of sp³-hybridized carbons (Fsp3) is 0.278. The lowest BCUT2D eigenvalue weighted by molar-refractivity contribution is -0.128. The van der Waals surface area contributed by atoms with E-state index in [1.165, 1.54) is 11.8 Å². The molecule has 1 aromatic heterocycles. The SMILES string of the molecule is Cc1cc(C(=O)OC(C)C(=O)N2CC(=O)Nc3ccccc32)c(C)o1. The number of amides is 2. The lowest BCUT2D eigenvalue weighted by Crippen LogP contribution is -2.47. The Balaban J connectivity index is 1.78. The van der Waals surface area contributed by atoms with E-state index in [1.54, 1.807) is 44.2 Å². The number of carbonyl (C=O) groups excluding carboxylic acids is 3. The molecule has 25 heavy (non-hydrogen) atoms. The van der Waals surface area contributed by atoms with E-state index in [-0.39, 0.29) is 18.0 Å². The number of ether oxygens (including phenoxy) is 1. The first-order chi connectivity index (χ1) is 11.9. The molecule has 0 fully saturated rings. The van der Waals surface area contributed by atoms with Gasteiger partial charge in [0.15, 0.2) is 6.10 Å². The summed E-state index contributed by atoms with van der Waals surface area (Å²) in [5.41, 5.74) is 1.41. The number of carbonyl (C=O) groups is 3. The first-order valence-corrected chi connectivity index (χ1v) is 7.85. The molecule has 2 amide bonds. The predicted molar refractivity (Wildman–Crippen MR) is 90.5 cm³/mol. The molecule has 0 spiro atoms. The molecule has 0 radical (unpaired) electrons. The van der Waals surface area contributed by atoms with Crippen LogP contribution in [0.2, 0.25) is 0 Å².